The van der Waals surface area contributed by atoms with E-state index in [0.717, 1.165) is 11.1 Å². The number of aliphatic imine (C=N–C) groups is 1. The molecule has 1 atom stereocenters. The second-order valence-corrected chi connectivity index (χ2v) is 5.61. The Morgan fingerprint density at radius 2 is 1.92 bits per heavy atom. The summed E-state index contributed by atoms with van der Waals surface area (Å²) in [7, 11) is 1.69. The minimum Gasteiger partial charge on any atom is -0.352 e. The van der Waals surface area contributed by atoms with Crippen LogP contribution in [-0.2, 0) is 6.54 Å². The van der Waals surface area contributed by atoms with Gasteiger partial charge in [-0.2, -0.15) is 5.26 Å². The summed E-state index contributed by atoms with van der Waals surface area (Å²) in [5.41, 5.74) is 3.18. The largest absolute Gasteiger partial charge is 0.352 e. The summed E-state index contributed by atoms with van der Waals surface area (Å²) in [4.78, 5) is 4.19. The first-order valence-corrected chi connectivity index (χ1v) is 7.75. The van der Waals surface area contributed by atoms with Crippen LogP contribution in [0, 0.1) is 24.1 Å². The summed E-state index contributed by atoms with van der Waals surface area (Å²) >= 11 is 0. The molecule has 0 saturated heterocycles. The van der Waals surface area contributed by atoms with E-state index in [9.17, 15) is 4.39 Å². The number of hydrogen-bond donors (Lipinski definition) is 2. The van der Waals surface area contributed by atoms with Gasteiger partial charge < -0.3 is 10.6 Å². The molecular weight excluding hydrogens is 430 g/mol. The molecule has 0 amide bonds. The molecule has 2 aromatic rings. The van der Waals surface area contributed by atoms with Crippen molar-refractivity contribution in [2.45, 2.75) is 26.4 Å². The lowest BCUT2D eigenvalue weighted by molar-refractivity contribution is 0.607. The van der Waals surface area contributed by atoms with E-state index in [1.807, 2.05) is 25.1 Å². The molecule has 4 nitrogen and oxygen atoms in total. The number of nitriles is 1. The molecule has 2 N–H and O–H groups in total. The van der Waals surface area contributed by atoms with E-state index >= 15 is 0 Å². The third kappa shape index (κ3) is 6.02. The van der Waals surface area contributed by atoms with E-state index in [1.54, 1.807) is 38.2 Å². The molecule has 132 valence electrons. The van der Waals surface area contributed by atoms with Crippen molar-refractivity contribution < 1.29 is 4.39 Å². The van der Waals surface area contributed by atoms with E-state index in [2.05, 4.69) is 21.7 Å². The minimum absolute atomic E-state index is 0. The molecule has 2 aromatic carbocycles. The molecule has 25 heavy (non-hydrogen) atoms. The van der Waals surface area contributed by atoms with Gasteiger partial charge in [0.1, 0.15) is 5.82 Å². The van der Waals surface area contributed by atoms with E-state index in [1.165, 1.54) is 0 Å². The first-order chi connectivity index (χ1) is 11.5. The van der Waals surface area contributed by atoms with Gasteiger partial charge in [-0.05, 0) is 48.7 Å². The van der Waals surface area contributed by atoms with Gasteiger partial charge in [-0.3, -0.25) is 4.99 Å². The van der Waals surface area contributed by atoms with E-state index in [-0.39, 0.29) is 35.8 Å². The Bertz CT molecular complexity index is 766. The van der Waals surface area contributed by atoms with Crippen LogP contribution >= 0.6 is 24.0 Å². The normalized spacial score (nSPS) is 11.9. The molecule has 0 aromatic heterocycles. The van der Waals surface area contributed by atoms with Gasteiger partial charge in [0.05, 0.1) is 17.7 Å². The van der Waals surface area contributed by atoms with Gasteiger partial charge in [0, 0.05) is 13.6 Å². The predicted molar refractivity (Wildman–Crippen MR) is 109 cm³/mol. The highest BCUT2D eigenvalue weighted by Gasteiger charge is 2.09. The fourth-order valence-corrected chi connectivity index (χ4v) is 2.24. The number of aryl methyl sites for hydroxylation is 1. The zero-order valence-corrected chi connectivity index (χ0v) is 16.8. The third-order valence-electron chi connectivity index (χ3n) is 3.82. The highest BCUT2D eigenvalue weighted by molar-refractivity contribution is 14.0. The van der Waals surface area contributed by atoms with Crippen molar-refractivity contribution in [1.29, 1.82) is 5.26 Å². The highest BCUT2D eigenvalue weighted by atomic mass is 127. The van der Waals surface area contributed by atoms with Crippen molar-refractivity contribution >= 4 is 29.9 Å². The molecule has 2 rings (SSSR count). The first kappa shape index (κ1) is 20.9. The Hall–Kier alpha value is -2.14. The second kappa shape index (κ2) is 9.99. The molecule has 0 fully saturated rings. The Kier molecular flexibility index (Phi) is 8.35. The first-order valence-electron chi connectivity index (χ1n) is 7.75. The zero-order valence-electron chi connectivity index (χ0n) is 14.5. The number of guanidine groups is 1. The summed E-state index contributed by atoms with van der Waals surface area (Å²) in [5, 5.41) is 15.3. The van der Waals surface area contributed by atoms with Gasteiger partial charge in [0.25, 0.3) is 0 Å². The van der Waals surface area contributed by atoms with Crippen LogP contribution < -0.4 is 10.6 Å². The third-order valence-corrected chi connectivity index (χ3v) is 3.82. The number of halogens is 2. The topological polar surface area (TPSA) is 60.2 Å². The molecule has 0 aliphatic carbocycles. The standard InChI is InChI=1S/C19H21FN4.HI/c1-13-4-9-17(10-18(13)20)14(2)24-19(22-3)23-12-16-7-5-15(11-21)6-8-16;/h4-10,14H,12H2,1-3H3,(H2,22,23,24);1H. The molecule has 0 saturated carbocycles. The lowest BCUT2D eigenvalue weighted by Gasteiger charge is -2.18. The molecule has 0 bridgehead atoms. The maximum absolute atomic E-state index is 13.7. The van der Waals surface area contributed by atoms with Crippen LogP contribution in [0.2, 0.25) is 0 Å². The Morgan fingerprint density at radius 3 is 2.48 bits per heavy atom. The molecular formula is C19H22FIN4. The second-order valence-electron chi connectivity index (χ2n) is 5.61. The van der Waals surface area contributed by atoms with Crippen molar-refractivity contribution in [3.63, 3.8) is 0 Å². The van der Waals surface area contributed by atoms with E-state index < -0.39 is 0 Å². The molecule has 0 radical (unpaired) electrons. The van der Waals surface area contributed by atoms with Gasteiger partial charge in [0.15, 0.2) is 5.96 Å². The molecule has 1 unspecified atom stereocenters. The smallest absolute Gasteiger partial charge is 0.191 e. The fourth-order valence-electron chi connectivity index (χ4n) is 2.24. The Morgan fingerprint density at radius 1 is 1.24 bits per heavy atom. The van der Waals surface area contributed by atoms with Gasteiger partial charge >= 0.3 is 0 Å². The van der Waals surface area contributed by atoms with Gasteiger partial charge in [-0.25, -0.2) is 4.39 Å². The Balaban J connectivity index is 0.00000312. The van der Waals surface area contributed by atoms with Crippen LogP contribution in [0.25, 0.3) is 0 Å². The summed E-state index contributed by atoms with van der Waals surface area (Å²) in [6, 6.07) is 14.6. The fraction of sp³-hybridized carbons (Fsp3) is 0.263. The van der Waals surface area contributed by atoms with Crippen LogP contribution in [0.5, 0.6) is 0 Å². The van der Waals surface area contributed by atoms with Crippen molar-refractivity contribution in [3.8, 4) is 6.07 Å². The minimum atomic E-state index is -0.207. The number of hydrogen-bond acceptors (Lipinski definition) is 2. The quantitative estimate of drug-likeness (QED) is 0.418. The predicted octanol–water partition coefficient (Wildman–Crippen LogP) is 4.05. The average Bonchev–Trinajstić information content (AvgIpc) is 2.61. The monoisotopic (exact) mass is 452 g/mol. The van der Waals surface area contributed by atoms with Crippen molar-refractivity contribution in [1.82, 2.24) is 10.6 Å². The number of benzene rings is 2. The van der Waals surface area contributed by atoms with Crippen LogP contribution in [0.3, 0.4) is 0 Å². The number of nitrogens with one attached hydrogen (secondary N) is 2. The van der Waals surface area contributed by atoms with Crippen molar-refractivity contribution in [2.24, 2.45) is 4.99 Å². The van der Waals surface area contributed by atoms with Crippen molar-refractivity contribution in [3.05, 3.63) is 70.5 Å². The maximum Gasteiger partial charge on any atom is 0.191 e. The van der Waals surface area contributed by atoms with Crippen LogP contribution in [0.15, 0.2) is 47.5 Å². The molecule has 6 heteroatoms. The van der Waals surface area contributed by atoms with E-state index in [4.69, 9.17) is 5.26 Å². The lowest BCUT2D eigenvalue weighted by atomic mass is 10.1. The van der Waals surface area contributed by atoms with E-state index in [0.29, 0.717) is 23.6 Å². The SMILES string of the molecule is CN=C(NCc1ccc(C#N)cc1)NC(C)c1ccc(C)c(F)c1.I. The molecule has 0 heterocycles. The van der Waals surface area contributed by atoms with Crippen LogP contribution in [0.1, 0.15) is 35.2 Å². The molecule has 0 aliphatic heterocycles. The van der Waals surface area contributed by atoms with Crippen molar-refractivity contribution in [2.75, 3.05) is 7.05 Å². The average molecular weight is 452 g/mol. The van der Waals surface area contributed by atoms with Gasteiger partial charge in [-0.15, -0.1) is 24.0 Å². The van der Waals surface area contributed by atoms with Crippen LogP contribution in [0.4, 0.5) is 4.39 Å². The number of nitrogens with zero attached hydrogens (tertiary/aromatic N) is 2. The summed E-state index contributed by atoms with van der Waals surface area (Å²) in [5.74, 6) is 0.425. The molecule has 0 aliphatic rings. The summed E-state index contributed by atoms with van der Waals surface area (Å²) < 4.78 is 13.7. The maximum atomic E-state index is 13.7. The molecule has 0 spiro atoms. The summed E-state index contributed by atoms with van der Waals surface area (Å²) in [6.07, 6.45) is 0. The van der Waals surface area contributed by atoms with Gasteiger partial charge in [-0.1, -0.05) is 24.3 Å². The lowest BCUT2D eigenvalue weighted by Crippen LogP contribution is -2.38. The number of rotatable bonds is 4. The Labute approximate surface area is 165 Å². The van der Waals surface area contributed by atoms with Crippen LogP contribution in [-0.4, -0.2) is 13.0 Å². The summed E-state index contributed by atoms with van der Waals surface area (Å²) in [6.45, 7) is 4.29. The zero-order chi connectivity index (χ0) is 17.5. The van der Waals surface area contributed by atoms with Gasteiger partial charge in [0.2, 0.25) is 0 Å². The highest BCUT2D eigenvalue weighted by Crippen LogP contribution is 2.16.